The standard InChI is InChI=1S/C10H14N2S2/c1-7-9(14-10(11)12-7)13-8-5-3-2-4-6-8/h3,5,8H,2,4,6H2,1H3,(H2,11,12). The average molecular weight is 226 g/mol. The molecule has 0 fully saturated rings. The Balaban J connectivity index is 2.06. The Hall–Kier alpha value is -0.480. The van der Waals surface area contributed by atoms with Gasteiger partial charge in [-0.15, -0.1) is 11.8 Å². The van der Waals surface area contributed by atoms with Gasteiger partial charge in [0.25, 0.3) is 0 Å². The Bertz CT molecular complexity index is 344. The number of nitrogens with two attached hydrogens (primary N) is 1. The van der Waals surface area contributed by atoms with Crippen molar-refractivity contribution in [2.24, 2.45) is 0 Å². The van der Waals surface area contributed by atoms with Gasteiger partial charge in [0.1, 0.15) is 0 Å². The molecule has 0 aliphatic heterocycles. The first kappa shape index (κ1) is 10.1. The number of aryl methyl sites for hydroxylation is 1. The summed E-state index contributed by atoms with van der Waals surface area (Å²) >= 11 is 3.50. The molecule has 1 heterocycles. The zero-order valence-corrected chi connectivity index (χ0v) is 9.83. The maximum Gasteiger partial charge on any atom is 0.181 e. The molecule has 76 valence electrons. The molecule has 0 aromatic carbocycles. The van der Waals surface area contributed by atoms with Gasteiger partial charge in [0.2, 0.25) is 0 Å². The van der Waals surface area contributed by atoms with E-state index in [1.807, 2.05) is 18.7 Å². The largest absolute Gasteiger partial charge is 0.375 e. The van der Waals surface area contributed by atoms with E-state index in [4.69, 9.17) is 5.73 Å². The number of nitrogen functional groups attached to an aromatic ring is 1. The summed E-state index contributed by atoms with van der Waals surface area (Å²) in [5.41, 5.74) is 6.74. The number of aromatic nitrogens is 1. The van der Waals surface area contributed by atoms with Crippen molar-refractivity contribution in [1.82, 2.24) is 4.98 Å². The minimum atomic E-state index is 0.627. The molecule has 2 N–H and O–H groups in total. The highest BCUT2D eigenvalue weighted by Gasteiger charge is 2.13. The van der Waals surface area contributed by atoms with E-state index in [9.17, 15) is 0 Å². The number of hydrogen-bond acceptors (Lipinski definition) is 4. The third-order valence-corrected chi connectivity index (χ3v) is 4.76. The van der Waals surface area contributed by atoms with Crippen molar-refractivity contribution >= 4 is 28.2 Å². The molecular formula is C10H14N2S2. The van der Waals surface area contributed by atoms with Gasteiger partial charge in [-0.25, -0.2) is 4.98 Å². The maximum atomic E-state index is 5.66. The molecule has 1 atom stereocenters. The lowest BCUT2D eigenvalue weighted by Gasteiger charge is -2.14. The molecule has 1 aliphatic rings. The molecule has 14 heavy (non-hydrogen) atoms. The van der Waals surface area contributed by atoms with Gasteiger partial charge >= 0.3 is 0 Å². The first-order valence-corrected chi connectivity index (χ1v) is 6.51. The molecule has 2 rings (SSSR count). The summed E-state index contributed by atoms with van der Waals surface area (Å²) in [5, 5.41) is 1.31. The summed E-state index contributed by atoms with van der Waals surface area (Å²) in [6.07, 6.45) is 8.41. The van der Waals surface area contributed by atoms with Crippen molar-refractivity contribution in [1.29, 1.82) is 0 Å². The van der Waals surface area contributed by atoms with Crippen LogP contribution in [0.3, 0.4) is 0 Å². The molecule has 1 unspecified atom stereocenters. The zero-order chi connectivity index (χ0) is 9.97. The summed E-state index contributed by atoms with van der Waals surface area (Å²) in [5.74, 6) is 0. The van der Waals surface area contributed by atoms with Crippen molar-refractivity contribution in [2.75, 3.05) is 5.73 Å². The van der Waals surface area contributed by atoms with Gasteiger partial charge in [-0.2, -0.15) is 0 Å². The Labute approximate surface area is 92.6 Å². The second kappa shape index (κ2) is 4.36. The van der Waals surface area contributed by atoms with Crippen molar-refractivity contribution < 1.29 is 0 Å². The third kappa shape index (κ3) is 2.30. The molecule has 0 bridgehead atoms. The van der Waals surface area contributed by atoms with Crippen LogP contribution in [0, 0.1) is 6.92 Å². The van der Waals surface area contributed by atoms with E-state index in [2.05, 4.69) is 17.1 Å². The molecule has 1 aromatic heterocycles. The number of nitrogens with zero attached hydrogens (tertiary/aromatic N) is 1. The minimum absolute atomic E-state index is 0.627. The van der Waals surface area contributed by atoms with E-state index in [1.165, 1.54) is 23.5 Å². The van der Waals surface area contributed by atoms with Gasteiger partial charge in [-0.05, 0) is 26.2 Å². The number of rotatable bonds is 2. The second-order valence-electron chi connectivity index (χ2n) is 3.44. The number of hydrogen-bond donors (Lipinski definition) is 1. The van der Waals surface area contributed by atoms with E-state index in [1.54, 1.807) is 11.3 Å². The van der Waals surface area contributed by atoms with Gasteiger partial charge in [0, 0.05) is 5.25 Å². The molecule has 0 saturated heterocycles. The lowest BCUT2D eigenvalue weighted by Crippen LogP contribution is -2.01. The Kier molecular flexibility index (Phi) is 3.13. The smallest absolute Gasteiger partial charge is 0.181 e. The predicted octanol–water partition coefficient (Wildman–Crippen LogP) is 3.23. The fraction of sp³-hybridized carbons (Fsp3) is 0.500. The molecular weight excluding hydrogens is 212 g/mol. The van der Waals surface area contributed by atoms with Crippen LogP contribution in [0.25, 0.3) is 0 Å². The van der Waals surface area contributed by atoms with Crippen LogP contribution in [0.4, 0.5) is 5.13 Å². The normalized spacial score (nSPS) is 21.4. The van der Waals surface area contributed by atoms with Crippen LogP contribution in [-0.2, 0) is 0 Å². The first-order valence-electron chi connectivity index (χ1n) is 4.82. The molecule has 4 heteroatoms. The quantitative estimate of drug-likeness (QED) is 0.787. The molecule has 0 radical (unpaired) electrons. The summed E-state index contributed by atoms with van der Waals surface area (Å²) in [7, 11) is 0. The Morgan fingerprint density at radius 3 is 3.07 bits per heavy atom. The summed E-state index contributed by atoms with van der Waals surface area (Å²) < 4.78 is 1.28. The van der Waals surface area contributed by atoms with Gasteiger partial charge in [-0.3, -0.25) is 0 Å². The van der Waals surface area contributed by atoms with E-state index in [-0.39, 0.29) is 0 Å². The van der Waals surface area contributed by atoms with Crippen LogP contribution in [0.5, 0.6) is 0 Å². The van der Waals surface area contributed by atoms with Crippen LogP contribution in [0.2, 0.25) is 0 Å². The van der Waals surface area contributed by atoms with E-state index < -0.39 is 0 Å². The average Bonchev–Trinajstić information content (AvgIpc) is 2.47. The Morgan fingerprint density at radius 1 is 1.64 bits per heavy atom. The van der Waals surface area contributed by atoms with E-state index in [0.717, 1.165) is 5.69 Å². The van der Waals surface area contributed by atoms with Crippen molar-refractivity contribution in [3.05, 3.63) is 17.8 Å². The minimum Gasteiger partial charge on any atom is -0.375 e. The third-order valence-electron chi connectivity index (χ3n) is 2.24. The van der Waals surface area contributed by atoms with Crippen LogP contribution in [0.15, 0.2) is 16.4 Å². The molecule has 0 amide bonds. The number of thioether (sulfide) groups is 1. The predicted molar refractivity (Wildman–Crippen MR) is 63.9 cm³/mol. The van der Waals surface area contributed by atoms with Gasteiger partial charge in [0.05, 0.1) is 9.90 Å². The van der Waals surface area contributed by atoms with Crippen LogP contribution in [0.1, 0.15) is 25.0 Å². The zero-order valence-electron chi connectivity index (χ0n) is 8.19. The van der Waals surface area contributed by atoms with Crippen LogP contribution >= 0.6 is 23.1 Å². The fourth-order valence-corrected chi connectivity index (χ4v) is 3.88. The molecule has 1 aliphatic carbocycles. The van der Waals surface area contributed by atoms with Gasteiger partial charge in [0.15, 0.2) is 5.13 Å². The van der Waals surface area contributed by atoms with E-state index >= 15 is 0 Å². The van der Waals surface area contributed by atoms with Gasteiger partial charge < -0.3 is 5.73 Å². The molecule has 0 saturated carbocycles. The first-order chi connectivity index (χ1) is 6.75. The molecule has 0 spiro atoms. The molecule has 1 aromatic rings. The van der Waals surface area contributed by atoms with Crippen molar-refractivity contribution in [3.63, 3.8) is 0 Å². The monoisotopic (exact) mass is 226 g/mol. The number of allylic oxidation sites excluding steroid dienone is 1. The maximum absolute atomic E-state index is 5.66. The summed E-state index contributed by atoms with van der Waals surface area (Å²) in [6.45, 7) is 2.03. The molecule has 2 nitrogen and oxygen atoms in total. The number of anilines is 1. The topological polar surface area (TPSA) is 38.9 Å². The summed E-state index contributed by atoms with van der Waals surface area (Å²) in [4.78, 5) is 4.23. The van der Waals surface area contributed by atoms with Crippen LogP contribution in [-0.4, -0.2) is 10.2 Å². The highest BCUT2D eigenvalue weighted by atomic mass is 32.2. The van der Waals surface area contributed by atoms with Gasteiger partial charge in [-0.1, -0.05) is 23.5 Å². The van der Waals surface area contributed by atoms with E-state index in [0.29, 0.717) is 10.4 Å². The highest BCUT2D eigenvalue weighted by molar-refractivity contribution is 8.02. The van der Waals surface area contributed by atoms with Crippen LogP contribution < -0.4 is 5.73 Å². The summed E-state index contributed by atoms with van der Waals surface area (Å²) in [6, 6.07) is 0. The lowest BCUT2D eigenvalue weighted by atomic mass is 10.1. The lowest BCUT2D eigenvalue weighted by molar-refractivity contribution is 0.741. The second-order valence-corrected chi connectivity index (χ2v) is 5.98. The van der Waals surface area contributed by atoms with Crippen molar-refractivity contribution in [3.8, 4) is 0 Å². The highest BCUT2D eigenvalue weighted by Crippen LogP contribution is 2.36. The number of thiazole rings is 1. The SMILES string of the molecule is Cc1nc(N)sc1SC1C=CCCC1. The Morgan fingerprint density at radius 2 is 2.50 bits per heavy atom. The van der Waals surface area contributed by atoms with Crippen molar-refractivity contribution in [2.45, 2.75) is 35.6 Å². The fourth-order valence-electron chi connectivity index (χ4n) is 1.53.